The molecule has 0 aliphatic rings. The second-order valence-corrected chi connectivity index (χ2v) is 4.59. The highest BCUT2D eigenvalue weighted by Crippen LogP contribution is 2.27. The van der Waals surface area contributed by atoms with Crippen molar-refractivity contribution >= 4 is 0 Å². The van der Waals surface area contributed by atoms with Crippen molar-refractivity contribution in [1.29, 1.82) is 0 Å². The van der Waals surface area contributed by atoms with Crippen LogP contribution >= 0.6 is 0 Å². The van der Waals surface area contributed by atoms with Crippen LogP contribution in [0.1, 0.15) is 41.8 Å². The monoisotopic (exact) mass is 245 g/mol. The van der Waals surface area contributed by atoms with Crippen molar-refractivity contribution in [2.75, 3.05) is 0 Å². The predicted molar refractivity (Wildman–Crippen MR) is 70.3 cm³/mol. The van der Waals surface area contributed by atoms with Gasteiger partial charge in [0.25, 0.3) is 0 Å². The molecule has 0 saturated carbocycles. The Kier molecular flexibility index (Phi) is 3.77. The van der Waals surface area contributed by atoms with E-state index in [1.807, 2.05) is 32.0 Å². The molecular formula is C14H19N3O. The average Bonchev–Trinajstić information content (AvgIpc) is 2.77. The van der Waals surface area contributed by atoms with Gasteiger partial charge in [-0.3, -0.25) is 0 Å². The molecule has 0 fully saturated rings. The summed E-state index contributed by atoms with van der Waals surface area (Å²) in [6, 6.07) is 6.03. The number of aromatic nitrogens is 3. The second-order valence-electron chi connectivity index (χ2n) is 4.59. The Morgan fingerprint density at radius 3 is 2.56 bits per heavy atom. The van der Waals surface area contributed by atoms with Gasteiger partial charge in [-0.2, -0.15) is 0 Å². The Hall–Kier alpha value is -1.68. The summed E-state index contributed by atoms with van der Waals surface area (Å²) >= 11 is 0. The summed E-state index contributed by atoms with van der Waals surface area (Å²) in [5.41, 5.74) is 3.89. The van der Waals surface area contributed by atoms with Crippen molar-refractivity contribution in [1.82, 2.24) is 15.0 Å². The Labute approximate surface area is 107 Å². The molecule has 2 aromatic rings. The van der Waals surface area contributed by atoms with E-state index >= 15 is 0 Å². The van der Waals surface area contributed by atoms with Crippen LogP contribution in [0.25, 0.3) is 0 Å². The number of aliphatic hydroxyl groups is 1. The van der Waals surface area contributed by atoms with Crippen LogP contribution in [0.5, 0.6) is 0 Å². The molecule has 0 radical (unpaired) electrons. The minimum Gasteiger partial charge on any atom is -0.382 e. The number of benzene rings is 1. The second kappa shape index (κ2) is 5.31. The highest BCUT2D eigenvalue weighted by Gasteiger charge is 2.19. The van der Waals surface area contributed by atoms with E-state index in [1.165, 1.54) is 0 Å². The van der Waals surface area contributed by atoms with Crippen LogP contribution in [-0.2, 0) is 6.54 Å². The van der Waals surface area contributed by atoms with Crippen LogP contribution < -0.4 is 0 Å². The summed E-state index contributed by atoms with van der Waals surface area (Å²) in [5.74, 6) is 0. The third kappa shape index (κ3) is 2.29. The summed E-state index contributed by atoms with van der Waals surface area (Å²) in [4.78, 5) is 0. The standard InChI is InChI=1S/C14H19N3O/c1-4-8-17-12(9-15-16-17)14(18)13-10(2)6-5-7-11(13)3/h5-7,9,14,18H,4,8H2,1-3H3. The van der Waals surface area contributed by atoms with Crippen LogP contribution in [0, 0.1) is 13.8 Å². The molecular weight excluding hydrogens is 226 g/mol. The topological polar surface area (TPSA) is 50.9 Å². The first kappa shape index (κ1) is 12.8. The Bertz CT molecular complexity index is 513. The first-order valence-electron chi connectivity index (χ1n) is 6.27. The van der Waals surface area contributed by atoms with E-state index < -0.39 is 6.10 Å². The number of aliphatic hydroxyl groups excluding tert-OH is 1. The molecule has 96 valence electrons. The first-order valence-corrected chi connectivity index (χ1v) is 6.27. The molecule has 0 aliphatic carbocycles. The maximum absolute atomic E-state index is 10.5. The van der Waals surface area contributed by atoms with E-state index in [9.17, 15) is 5.11 Å². The van der Waals surface area contributed by atoms with Crippen LogP contribution in [-0.4, -0.2) is 20.1 Å². The molecule has 1 heterocycles. The molecule has 18 heavy (non-hydrogen) atoms. The fraction of sp³-hybridized carbons (Fsp3) is 0.429. The normalized spacial score (nSPS) is 12.7. The van der Waals surface area contributed by atoms with Gasteiger partial charge in [0.15, 0.2) is 0 Å². The van der Waals surface area contributed by atoms with Gasteiger partial charge in [-0.1, -0.05) is 30.3 Å². The third-order valence-corrected chi connectivity index (χ3v) is 3.18. The van der Waals surface area contributed by atoms with E-state index in [4.69, 9.17) is 0 Å². The third-order valence-electron chi connectivity index (χ3n) is 3.18. The van der Waals surface area contributed by atoms with Crippen LogP contribution in [0.15, 0.2) is 24.4 Å². The van der Waals surface area contributed by atoms with Crippen LogP contribution in [0.2, 0.25) is 0 Å². The van der Waals surface area contributed by atoms with Crippen molar-refractivity contribution in [3.8, 4) is 0 Å². The largest absolute Gasteiger partial charge is 0.382 e. The number of nitrogens with zero attached hydrogens (tertiary/aromatic N) is 3. The zero-order chi connectivity index (χ0) is 13.1. The number of aryl methyl sites for hydroxylation is 3. The fourth-order valence-electron chi connectivity index (χ4n) is 2.27. The first-order chi connectivity index (χ1) is 8.65. The molecule has 4 nitrogen and oxygen atoms in total. The Morgan fingerprint density at radius 1 is 1.28 bits per heavy atom. The lowest BCUT2D eigenvalue weighted by Gasteiger charge is -2.17. The Morgan fingerprint density at radius 2 is 1.94 bits per heavy atom. The van der Waals surface area contributed by atoms with Gasteiger partial charge in [-0.05, 0) is 37.0 Å². The van der Waals surface area contributed by atoms with Crippen LogP contribution in [0.4, 0.5) is 0 Å². The van der Waals surface area contributed by atoms with Gasteiger partial charge in [0.05, 0.1) is 11.9 Å². The fourth-order valence-corrected chi connectivity index (χ4v) is 2.27. The van der Waals surface area contributed by atoms with E-state index in [0.717, 1.165) is 35.3 Å². The molecule has 4 heteroatoms. The minimum atomic E-state index is -0.659. The van der Waals surface area contributed by atoms with Gasteiger partial charge < -0.3 is 5.11 Å². The van der Waals surface area contributed by atoms with E-state index in [-0.39, 0.29) is 0 Å². The van der Waals surface area contributed by atoms with Gasteiger partial charge in [0.1, 0.15) is 6.10 Å². The molecule has 1 aromatic heterocycles. The van der Waals surface area contributed by atoms with E-state index in [1.54, 1.807) is 10.9 Å². The summed E-state index contributed by atoms with van der Waals surface area (Å²) < 4.78 is 1.77. The van der Waals surface area contributed by atoms with Gasteiger partial charge in [0.2, 0.25) is 0 Å². The number of rotatable bonds is 4. The van der Waals surface area contributed by atoms with Gasteiger partial charge in [-0.25, -0.2) is 4.68 Å². The lowest BCUT2D eigenvalue weighted by molar-refractivity contribution is 0.206. The lowest BCUT2D eigenvalue weighted by atomic mass is 9.96. The highest BCUT2D eigenvalue weighted by atomic mass is 16.3. The average molecular weight is 245 g/mol. The quantitative estimate of drug-likeness (QED) is 0.899. The van der Waals surface area contributed by atoms with Crippen molar-refractivity contribution in [3.63, 3.8) is 0 Å². The maximum atomic E-state index is 10.5. The maximum Gasteiger partial charge on any atom is 0.123 e. The molecule has 0 amide bonds. The molecule has 0 saturated heterocycles. The van der Waals surface area contributed by atoms with Crippen molar-refractivity contribution in [2.24, 2.45) is 0 Å². The smallest absolute Gasteiger partial charge is 0.123 e. The molecule has 0 aliphatic heterocycles. The zero-order valence-electron chi connectivity index (χ0n) is 11.1. The molecule has 1 aromatic carbocycles. The summed E-state index contributed by atoms with van der Waals surface area (Å²) in [6.07, 6.45) is 1.95. The summed E-state index contributed by atoms with van der Waals surface area (Å²) in [5, 5.41) is 18.5. The highest BCUT2D eigenvalue weighted by molar-refractivity contribution is 5.38. The molecule has 0 spiro atoms. The summed E-state index contributed by atoms with van der Waals surface area (Å²) in [7, 11) is 0. The zero-order valence-corrected chi connectivity index (χ0v) is 11.1. The molecule has 1 atom stereocenters. The SMILES string of the molecule is CCCn1nncc1C(O)c1c(C)cccc1C. The van der Waals surface area contributed by atoms with Crippen LogP contribution in [0.3, 0.4) is 0 Å². The Balaban J connectivity index is 2.41. The number of hydrogen-bond donors (Lipinski definition) is 1. The van der Waals surface area contributed by atoms with E-state index in [0.29, 0.717) is 0 Å². The van der Waals surface area contributed by atoms with Crippen molar-refractivity contribution in [3.05, 3.63) is 46.8 Å². The van der Waals surface area contributed by atoms with Gasteiger partial charge in [-0.15, -0.1) is 5.10 Å². The van der Waals surface area contributed by atoms with Crippen molar-refractivity contribution in [2.45, 2.75) is 39.8 Å². The number of hydrogen-bond acceptors (Lipinski definition) is 3. The summed E-state index contributed by atoms with van der Waals surface area (Å²) in [6.45, 7) is 6.88. The predicted octanol–water partition coefficient (Wildman–Crippen LogP) is 2.39. The molecule has 2 rings (SSSR count). The lowest BCUT2D eigenvalue weighted by Crippen LogP contribution is -2.12. The van der Waals surface area contributed by atoms with E-state index in [2.05, 4.69) is 17.2 Å². The van der Waals surface area contributed by atoms with Gasteiger partial charge in [0, 0.05) is 6.54 Å². The molecule has 1 unspecified atom stereocenters. The molecule has 0 bridgehead atoms. The molecule has 1 N–H and O–H groups in total. The van der Waals surface area contributed by atoms with Crippen molar-refractivity contribution < 1.29 is 5.11 Å². The van der Waals surface area contributed by atoms with Gasteiger partial charge >= 0.3 is 0 Å². The minimum absolute atomic E-state index is 0.659.